The largest absolute Gasteiger partial charge is 0.376 e. The highest BCUT2D eigenvalue weighted by molar-refractivity contribution is 6.27. The van der Waals surface area contributed by atoms with Crippen molar-refractivity contribution in [3.8, 4) is 0 Å². The molecule has 1 aliphatic rings. The molecule has 1 aliphatic carbocycles. The van der Waals surface area contributed by atoms with Gasteiger partial charge in [0.25, 0.3) is 0 Å². The average molecular weight is 427 g/mol. The van der Waals surface area contributed by atoms with E-state index in [1.165, 1.54) is 19.9 Å². The van der Waals surface area contributed by atoms with Crippen molar-refractivity contribution in [1.29, 1.82) is 0 Å². The zero-order valence-corrected chi connectivity index (χ0v) is 16.4. The summed E-state index contributed by atoms with van der Waals surface area (Å²) in [5.74, 6) is -1.86. The van der Waals surface area contributed by atoms with Gasteiger partial charge in [0.05, 0.1) is 17.3 Å². The second kappa shape index (κ2) is 7.26. The summed E-state index contributed by atoms with van der Waals surface area (Å²) in [5, 5.41) is 5.09. The van der Waals surface area contributed by atoms with Crippen molar-refractivity contribution < 1.29 is 22.7 Å². The van der Waals surface area contributed by atoms with Crippen molar-refractivity contribution in [2.24, 2.45) is 16.4 Å². The Labute approximate surface area is 165 Å². The van der Waals surface area contributed by atoms with Gasteiger partial charge >= 0.3 is 10.8 Å². The minimum Gasteiger partial charge on any atom is -0.376 e. The van der Waals surface area contributed by atoms with Crippen LogP contribution in [0.1, 0.15) is 27.2 Å². The molecule has 0 saturated heterocycles. The van der Waals surface area contributed by atoms with E-state index in [4.69, 9.17) is 23.2 Å². The maximum atomic E-state index is 14.1. The van der Waals surface area contributed by atoms with Gasteiger partial charge in [-0.1, -0.05) is 37.6 Å². The molecule has 1 aromatic rings. The summed E-state index contributed by atoms with van der Waals surface area (Å²) in [6.45, 7) is 4.66. The Bertz CT molecular complexity index is 726. The van der Waals surface area contributed by atoms with E-state index in [1.807, 2.05) is 0 Å². The Morgan fingerprint density at radius 2 is 1.63 bits per heavy atom. The molecule has 1 atom stereocenters. The number of hydrogen-bond acceptors (Lipinski definition) is 3. The first-order chi connectivity index (χ1) is 12.2. The summed E-state index contributed by atoms with van der Waals surface area (Å²) < 4.78 is 56.3. The highest BCUT2D eigenvalue weighted by Crippen LogP contribution is 2.57. The highest BCUT2D eigenvalue weighted by Gasteiger charge is 2.73. The minimum absolute atomic E-state index is 0.171. The van der Waals surface area contributed by atoms with E-state index in [0.717, 1.165) is 5.57 Å². The molecule has 2 N–H and O–H groups in total. The van der Waals surface area contributed by atoms with Crippen LogP contribution in [0, 0.1) is 11.3 Å². The van der Waals surface area contributed by atoms with Crippen molar-refractivity contribution in [3.05, 3.63) is 42.0 Å². The number of alkyl halides is 6. The van der Waals surface area contributed by atoms with E-state index in [0.29, 0.717) is 5.69 Å². The topological polar surface area (TPSA) is 44.6 Å². The number of hydrogen-bond donors (Lipinski definition) is 2. The fourth-order valence-corrected chi connectivity index (χ4v) is 4.12. The van der Waals surface area contributed by atoms with E-state index in [1.54, 1.807) is 37.3 Å². The van der Waals surface area contributed by atoms with Crippen LogP contribution in [0.5, 0.6) is 0 Å². The van der Waals surface area contributed by atoms with Crippen molar-refractivity contribution in [1.82, 2.24) is 0 Å². The fraction of sp³-hybridized carbons (Fsp3) is 0.500. The van der Waals surface area contributed by atoms with Gasteiger partial charge < -0.3 is 5.11 Å². The molecule has 2 rings (SSSR count). The second-order valence-corrected chi connectivity index (χ2v) is 8.31. The molecular formula is C18H20Cl2F4N2O. The van der Waals surface area contributed by atoms with E-state index in [9.17, 15) is 22.7 Å². The number of nitrogens with zero attached hydrogens (tertiary/aromatic N) is 1. The third-order valence-corrected chi connectivity index (χ3v) is 5.15. The fourth-order valence-electron chi connectivity index (χ4n) is 3.61. The smallest absolute Gasteiger partial charge is 0.357 e. The van der Waals surface area contributed by atoms with Crippen LogP contribution in [-0.2, 0) is 0 Å². The standard InChI is InChI=1S/C18H20Cl2F4N2O/c1-11-9-13(26-25-12-7-5-4-6-8-12)14(15(2,3)10-11)16(27,17(19,21)22)18(20,23)24/h4-9,14,25,27H,10H2,1-3H3/b26-13+/t14-/m1/s1. The van der Waals surface area contributed by atoms with Crippen molar-refractivity contribution in [3.63, 3.8) is 0 Å². The van der Waals surface area contributed by atoms with E-state index in [2.05, 4.69) is 10.5 Å². The second-order valence-electron chi connectivity index (χ2n) is 7.37. The molecule has 150 valence electrons. The Kier molecular flexibility index (Phi) is 5.91. The van der Waals surface area contributed by atoms with Crippen LogP contribution in [0.2, 0.25) is 0 Å². The third-order valence-electron chi connectivity index (χ3n) is 4.58. The van der Waals surface area contributed by atoms with Crippen molar-refractivity contribution in [2.45, 2.75) is 43.6 Å². The SMILES string of the molecule is CC1=C/C(=N\Nc2ccccc2)[C@@H](C(O)(C(F)(F)Cl)C(F)(F)Cl)C(C)(C)C1. The van der Waals surface area contributed by atoms with Crippen LogP contribution in [-0.4, -0.2) is 27.2 Å². The van der Waals surface area contributed by atoms with Gasteiger partial charge in [0.2, 0.25) is 5.60 Å². The third kappa shape index (κ3) is 4.25. The molecule has 0 radical (unpaired) electrons. The Hall–Kier alpha value is -1.31. The van der Waals surface area contributed by atoms with Crippen molar-refractivity contribution >= 4 is 34.6 Å². The first-order valence-electron chi connectivity index (χ1n) is 8.12. The Balaban J connectivity index is 2.63. The maximum Gasteiger partial charge on any atom is 0.357 e. The number of aliphatic hydroxyl groups is 1. The summed E-state index contributed by atoms with van der Waals surface area (Å²) in [7, 11) is 0. The summed E-state index contributed by atoms with van der Waals surface area (Å²) in [4.78, 5) is 0. The summed E-state index contributed by atoms with van der Waals surface area (Å²) in [5.41, 5.74) is -1.63. The van der Waals surface area contributed by atoms with Crippen LogP contribution in [0.3, 0.4) is 0 Å². The lowest BCUT2D eigenvalue weighted by atomic mass is 9.61. The first kappa shape index (κ1) is 22.0. The van der Waals surface area contributed by atoms with Gasteiger partial charge in [0.15, 0.2) is 0 Å². The number of halogens is 6. The minimum atomic E-state index is -4.72. The van der Waals surface area contributed by atoms with Crippen LogP contribution < -0.4 is 5.43 Å². The van der Waals surface area contributed by atoms with Gasteiger partial charge in [-0.15, -0.1) is 0 Å². The van der Waals surface area contributed by atoms with Crippen LogP contribution in [0.15, 0.2) is 47.1 Å². The molecular weight excluding hydrogens is 407 g/mol. The number of anilines is 1. The lowest BCUT2D eigenvalue weighted by molar-refractivity contribution is -0.246. The van der Waals surface area contributed by atoms with Crippen molar-refractivity contribution in [2.75, 3.05) is 5.43 Å². The first-order valence-corrected chi connectivity index (χ1v) is 8.87. The summed E-state index contributed by atoms with van der Waals surface area (Å²) >= 11 is 9.92. The number of hydrazone groups is 1. The number of benzene rings is 1. The molecule has 1 aromatic carbocycles. The van der Waals surface area contributed by atoms with Crippen LogP contribution >= 0.6 is 23.2 Å². The Morgan fingerprint density at radius 3 is 2.11 bits per heavy atom. The van der Waals surface area contributed by atoms with Gasteiger partial charge in [-0.25, -0.2) is 0 Å². The molecule has 0 fully saturated rings. The molecule has 0 heterocycles. The maximum absolute atomic E-state index is 14.1. The monoisotopic (exact) mass is 426 g/mol. The molecule has 0 unspecified atom stereocenters. The normalized spacial score (nSPS) is 22.5. The zero-order chi connectivity index (χ0) is 20.7. The van der Waals surface area contributed by atoms with Gasteiger partial charge in [0.1, 0.15) is 0 Å². The lowest BCUT2D eigenvalue weighted by Crippen LogP contribution is -2.66. The molecule has 9 heteroatoms. The molecule has 0 aromatic heterocycles. The molecule has 0 bridgehead atoms. The lowest BCUT2D eigenvalue weighted by Gasteiger charge is -2.49. The van der Waals surface area contributed by atoms with E-state index >= 15 is 0 Å². The summed E-state index contributed by atoms with van der Waals surface area (Å²) in [6.07, 6.45) is 1.55. The van der Waals surface area contributed by atoms with Gasteiger partial charge in [-0.2, -0.15) is 22.7 Å². The van der Waals surface area contributed by atoms with Gasteiger partial charge in [0, 0.05) is 0 Å². The van der Waals surface area contributed by atoms with E-state index in [-0.39, 0.29) is 12.1 Å². The predicted octanol–water partition coefficient (Wildman–Crippen LogP) is 5.84. The quantitative estimate of drug-likeness (QED) is 0.352. The predicted molar refractivity (Wildman–Crippen MR) is 99.7 cm³/mol. The van der Waals surface area contributed by atoms with Gasteiger partial charge in [-0.05, 0) is 60.2 Å². The van der Waals surface area contributed by atoms with Crippen LogP contribution in [0.25, 0.3) is 0 Å². The number of para-hydroxylation sites is 1. The molecule has 27 heavy (non-hydrogen) atoms. The molecule has 0 aliphatic heterocycles. The van der Waals surface area contributed by atoms with E-state index < -0.39 is 27.7 Å². The number of rotatable bonds is 5. The molecule has 0 spiro atoms. The highest BCUT2D eigenvalue weighted by atomic mass is 35.5. The molecule has 3 nitrogen and oxygen atoms in total. The van der Waals surface area contributed by atoms with Gasteiger partial charge in [-0.3, -0.25) is 5.43 Å². The Morgan fingerprint density at radius 1 is 1.11 bits per heavy atom. The summed E-state index contributed by atoms with van der Waals surface area (Å²) in [6, 6.07) is 8.49. The average Bonchev–Trinajstić information content (AvgIpc) is 2.49. The molecule has 0 saturated carbocycles. The van der Waals surface area contributed by atoms with Crippen LogP contribution in [0.4, 0.5) is 23.2 Å². The number of nitrogens with one attached hydrogen (secondary N) is 1. The molecule has 0 amide bonds. The zero-order valence-electron chi connectivity index (χ0n) is 14.9. The number of allylic oxidation sites excluding steroid dienone is 2.